The predicted molar refractivity (Wildman–Crippen MR) is 76.6 cm³/mol. The maximum atomic E-state index is 12.3. The zero-order chi connectivity index (χ0) is 14.4. The topological polar surface area (TPSA) is 62.3 Å². The molecule has 20 heavy (non-hydrogen) atoms. The van der Waals surface area contributed by atoms with Crippen molar-refractivity contribution in [2.45, 2.75) is 32.6 Å². The molecule has 1 saturated heterocycles. The summed E-state index contributed by atoms with van der Waals surface area (Å²) in [6.45, 7) is 4.17. The standard InChI is InChI=1S/C15H21N3O2/c1-2-9-16-14(19)12-7-6-8-13(17-12)15(20)18-10-4-3-5-11-18/h6-8H,2-5,9-11H2,1H3,(H,16,19). The fraction of sp³-hybridized carbons (Fsp3) is 0.533. The quantitative estimate of drug-likeness (QED) is 0.912. The highest BCUT2D eigenvalue weighted by Crippen LogP contribution is 2.12. The van der Waals surface area contributed by atoms with Gasteiger partial charge >= 0.3 is 0 Å². The van der Waals surface area contributed by atoms with E-state index < -0.39 is 0 Å². The zero-order valence-corrected chi connectivity index (χ0v) is 11.9. The number of carbonyl (C=O) groups is 2. The summed E-state index contributed by atoms with van der Waals surface area (Å²) in [7, 11) is 0. The number of hydrogen-bond donors (Lipinski definition) is 1. The van der Waals surface area contributed by atoms with E-state index in [0.717, 1.165) is 32.4 Å². The third kappa shape index (κ3) is 3.56. The van der Waals surface area contributed by atoms with Crippen LogP contribution in [0, 0.1) is 0 Å². The highest BCUT2D eigenvalue weighted by atomic mass is 16.2. The van der Waals surface area contributed by atoms with Crippen LogP contribution >= 0.6 is 0 Å². The molecule has 1 fully saturated rings. The van der Waals surface area contributed by atoms with Crippen molar-refractivity contribution >= 4 is 11.8 Å². The molecule has 0 aliphatic carbocycles. The number of rotatable bonds is 4. The minimum atomic E-state index is -0.222. The second kappa shape index (κ2) is 7.03. The summed E-state index contributed by atoms with van der Waals surface area (Å²) < 4.78 is 0. The normalized spacial score (nSPS) is 14.9. The largest absolute Gasteiger partial charge is 0.351 e. The van der Waals surface area contributed by atoms with Crippen molar-refractivity contribution < 1.29 is 9.59 Å². The van der Waals surface area contributed by atoms with Crippen LogP contribution in [0.1, 0.15) is 53.6 Å². The minimum Gasteiger partial charge on any atom is -0.351 e. The van der Waals surface area contributed by atoms with Gasteiger partial charge in [-0.15, -0.1) is 0 Å². The Kier molecular flexibility index (Phi) is 5.09. The minimum absolute atomic E-state index is 0.0742. The molecule has 2 heterocycles. The van der Waals surface area contributed by atoms with Gasteiger partial charge in [0.1, 0.15) is 11.4 Å². The van der Waals surface area contributed by atoms with Crippen molar-refractivity contribution in [3.8, 4) is 0 Å². The summed E-state index contributed by atoms with van der Waals surface area (Å²) >= 11 is 0. The van der Waals surface area contributed by atoms with E-state index >= 15 is 0 Å². The maximum absolute atomic E-state index is 12.3. The zero-order valence-electron chi connectivity index (χ0n) is 11.9. The predicted octanol–water partition coefficient (Wildman–Crippen LogP) is 1.85. The molecule has 0 atom stereocenters. The molecule has 0 spiro atoms. The Morgan fingerprint density at radius 1 is 1.20 bits per heavy atom. The first-order valence-electron chi connectivity index (χ1n) is 7.27. The average molecular weight is 275 g/mol. The summed E-state index contributed by atoms with van der Waals surface area (Å²) in [5.74, 6) is -0.296. The monoisotopic (exact) mass is 275 g/mol. The first-order valence-corrected chi connectivity index (χ1v) is 7.27. The number of nitrogens with one attached hydrogen (secondary N) is 1. The van der Waals surface area contributed by atoms with Crippen LogP contribution in [0.2, 0.25) is 0 Å². The number of piperidine rings is 1. The van der Waals surface area contributed by atoms with Gasteiger partial charge < -0.3 is 10.2 Å². The van der Waals surface area contributed by atoms with Crippen LogP contribution in [0.4, 0.5) is 0 Å². The number of aromatic nitrogens is 1. The second-order valence-electron chi connectivity index (χ2n) is 5.02. The van der Waals surface area contributed by atoms with Gasteiger partial charge in [0.15, 0.2) is 0 Å². The van der Waals surface area contributed by atoms with Crippen LogP contribution in [0.5, 0.6) is 0 Å². The Morgan fingerprint density at radius 3 is 2.60 bits per heavy atom. The lowest BCUT2D eigenvalue weighted by Gasteiger charge is -2.26. The Morgan fingerprint density at radius 2 is 1.90 bits per heavy atom. The number of amides is 2. The van der Waals surface area contributed by atoms with Crippen molar-refractivity contribution in [2.24, 2.45) is 0 Å². The van der Waals surface area contributed by atoms with Gasteiger partial charge in [-0.3, -0.25) is 9.59 Å². The van der Waals surface area contributed by atoms with E-state index in [9.17, 15) is 9.59 Å². The number of nitrogens with zero attached hydrogens (tertiary/aromatic N) is 2. The molecule has 2 amide bonds. The molecule has 0 aromatic carbocycles. The van der Waals surface area contributed by atoms with Crippen LogP contribution in [-0.4, -0.2) is 41.3 Å². The van der Waals surface area contributed by atoms with E-state index in [4.69, 9.17) is 0 Å². The number of likely N-dealkylation sites (tertiary alicyclic amines) is 1. The highest BCUT2D eigenvalue weighted by molar-refractivity contribution is 5.96. The molecule has 1 N–H and O–H groups in total. The van der Waals surface area contributed by atoms with E-state index in [1.165, 1.54) is 6.42 Å². The number of hydrogen-bond acceptors (Lipinski definition) is 3. The average Bonchev–Trinajstić information content (AvgIpc) is 2.52. The van der Waals surface area contributed by atoms with Crippen molar-refractivity contribution in [3.63, 3.8) is 0 Å². The Labute approximate surface area is 119 Å². The summed E-state index contributed by atoms with van der Waals surface area (Å²) in [5.41, 5.74) is 0.664. The molecule has 108 valence electrons. The van der Waals surface area contributed by atoms with Gasteiger partial charge in [0.25, 0.3) is 11.8 Å². The van der Waals surface area contributed by atoms with Crippen LogP contribution < -0.4 is 5.32 Å². The first kappa shape index (κ1) is 14.5. The molecular weight excluding hydrogens is 254 g/mol. The van der Waals surface area contributed by atoms with Gasteiger partial charge in [0.2, 0.25) is 0 Å². The Bertz CT molecular complexity index is 482. The molecule has 5 nitrogen and oxygen atoms in total. The van der Waals surface area contributed by atoms with E-state index in [1.54, 1.807) is 18.2 Å². The molecule has 0 radical (unpaired) electrons. The van der Waals surface area contributed by atoms with Crippen molar-refractivity contribution in [3.05, 3.63) is 29.6 Å². The molecule has 1 aromatic heterocycles. The van der Waals surface area contributed by atoms with E-state index in [0.29, 0.717) is 17.9 Å². The Hall–Kier alpha value is -1.91. The molecule has 2 rings (SSSR count). The third-order valence-electron chi connectivity index (χ3n) is 3.38. The lowest BCUT2D eigenvalue weighted by molar-refractivity contribution is 0.0718. The fourth-order valence-electron chi connectivity index (χ4n) is 2.27. The van der Waals surface area contributed by atoms with Gasteiger partial charge in [-0.2, -0.15) is 0 Å². The first-order chi connectivity index (χ1) is 9.72. The summed E-state index contributed by atoms with van der Waals surface area (Å²) in [5, 5.41) is 2.77. The summed E-state index contributed by atoms with van der Waals surface area (Å²) in [6, 6.07) is 5.02. The third-order valence-corrected chi connectivity index (χ3v) is 3.38. The van der Waals surface area contributed by atoms with Crippen LogP contribution in [0.25, 0.3) is 0 Å². The van der Waals surface area contributed by atoms with Gasteiger partial charge in [-0.25, -0.2) is 4.98 Å². The molecule has 0 bridgehead atoms. The lowest BCUT2D eigenvalue weighted by atomic mass is 10.1. The highest BCUT2D eigenvalue weighted by Gasteiger charge is 2.20. The molecule has 0 saturated carbocycles. The van der Waals surface area contributed by atoms with Crippen molar-refractivity contribution in [1.82, 2.24) is 15.2 Å². The van der Waals surface area contributed by atoms with E-state index in [1.807, 2.05) is 11.8 Å². The van der Waals surface area contributed by atoms with Gasteiger partial charge in [0, 0.05) is 19.6 Å². The van der Waals surface area contributed by atoms with Crippen LogP contribution in [0.3, 0.4) is 0 Å². The summed E-state index contributed by atoms with van der Waals surface area (Å²) in [6.07, 6.45) is 4.14. The fourth-order valence-corrected chi connectivity index (χ4v) is 2.27. The molecule has 5 heteroatoms. The smallest absolute Gasteiger partial charge is 0.272 e. The van der Waals surface area contributed by atoms with Crippen molar-refractivity contribution in [2.75, 3.05) is 19.6 Å². The lowest BCUT2D eigenvalue weighted by Crippen LogP contribution is -2.36. The van der Waals surface area contributed by atoms with Crippen molar-refractivity contribution in [1.29, 1.82) is 0 Å². The molecule has 1 aromatic rings. The molecule has 1 aliphatic heterocycles. The maximum Gasteiger partial charge on any atom is 0.272 e. The number of pyridine rings is 1. The van der Waals surface area contributed by atoms with Gasteiger partial charge in [-0.1, -0.05) is 13.0 Å². The van der Waals surface area contributed by atoms with E-state index in [2.05, 4.69) is 10.3 Å². The van der Waals surface area contributed by atoms with E-state index in [-0.39, 0.29) is 11.8 Å². The molecular formula is C15H21N3O2. The van der Waals surface area contributed by atoms with Crippen LogP contribution in [-0.2, 0) is 0 Å². The summed E-state index contributed by atoms with van der Waals surface area (Å²) in [4.78, 5) is 30.2. The second-order valence-corrected chi connectivity index (χ2v) is 5.02. The number of carbonyl (C=O) groups excluding carboxylic acids is 2. The van der Waals surface area contributed by atoms with Crippen LogP contribution in [0.15, 0.2) is 18.2 Å². The van der Waals surface area contributed by atoms with Gasteiger partial charge in [-0.05, 0) is 37.8 Å². The van der Waals surface area contributed by atoms with Gasteiger partial charge in [0.05, 0.1) is 0 Å². The SMILES string of the molecule is CCCNC(=O)c1cccc(C(=O)N2CCCCC2)n1. The Balaban J connectivity index is 2.08. The molecule has 0 unspecified atom stereocenters. The molecule has 1 aliphatic rings.